The topological polar surface area (TPSA) is 49.9 Å². The van der Waals surface area contributed by atoms with Gasteiger partial charge in [-0.2, -0.15) is 0 Å². The summed E-state index contributed by atoms with van der Waals surface area (Å²) in [6.07, 6.45) is 3.28. The molecule has 0 aromatic heterocycles. The maximum absolute atomic E-state index is 12.8. The van der Waals surface area contributed by atoms with Gasteiger partial charge in [0.1, 0.15) is 5.75 Å². The predicted molar refractivity (Wildman–Crippen MR) is 95.4 cm³/mol. The van der Waals surface area contributed by atoms with Crippen molar-refractivity contribution in [3.8, 4) is 11.5 Å². The van der Waals surface area contributed by atoms with Crippen LogP contribution in [0.25, 0.3) is 0 Å². The second-order valence-corrected chi connectivity index (χ2v) is 6.50. The van der Waals surface area contributed by atoms with Crippen LogP contribution in [0.1, 0.15) is 40.0 Å². The Balaban J connectivity index is 1.71. The first-order valence-electron chi connectivity index (χ1n) is 8.63. The van der Waals surface area contributed by atoms with Crippen LogP contribution in [0.5, 0.6) is 11.5 Å². The van der Waals surface area contributed by atoms with Crippen LogP contribution in [0.2, 0.25) is 0 Å². The average molecular weight is 336 g/mol. The average Bonchev–Trinajstić information content (AvgIpc) is 2.77. The summed E-state index contributed by atoms with van der Waals surface area (Å²) in [6, 6.07) is 12.5. The predicted octanol–water partition coefficient (Wildman–Crippen LogP) is 3.70. The molecule has 0 N–H and O–H groups in total. The molecule has 0 saturated carbocycles. The third kappa shape index (κ3) is 2.76. The zero-order valence-electron chi connectivity index (χ0n) is 14.2. The van der Waals surface area contributed by atoms with Crippen LogP contribution in [0.3, 0.4) is 0 Å². The number of hydrogen-bond acceptors (Lipinski definition) is 3. The van der Waals surface area contributed by atoms with E-state index in [1.165, 1.54) is 6.42 Å². The van der Waals surface area contributed by atoms with Gasteiger partial charge in [-0.3, -0.25) is 9.59 Å². The Morgan fingerprint density at radius 3 is 2.56 bits per heavy atom. The van der Waals surface area contributed by atoms with Crippen LogP contribution in [0, 0.1) is 0 Å². The summed E-state index contributed by atoms with van der Waals surface area (Å²) in [7, 11) is 1.71. The molecule has 0 aliphatic carbocycles. The van der Waals surface area contributed by atoms with E-state index in [-0.39, 0.29) is 11.8 Å². The second kappa shape index (κ2) is 6.24. The standard InChI is InChI=1S/C20H20N2O3/c1-21-16-13-14(19(23)22-11-5-2-6-12-22)9-10-18(16)25-17-8-4-3-7-15(17)20(21)24/h3-4,7-10,13H,2,5-6,11-12H2,1H3. The van der Waals surface area contributed by atoms with Crippen LogP contribution in [-0.2, 0) is 0 Å². The highest BCUT2D eigenvalue weighted by Gasteiger charge is 2.27. The number of carbonyl (C=O) groups is 2. The van der Waals surface area contributed by atoms with Gasteiger partial charge in [0.05, 0.1) is 11.3 Å². The molecule has 25 heavy (non-hydrogen) atoms. The molecule has 2 heterocycles. The number of benzene rings is 2. The van der Waals surface area contributed by atoms with E-state index in [1.54, 1.807) is 42.3 Å². The molecule has 2 aliphatic heterocycles. The van der Waals surface area contributed by atoms with Gasteiger partial charge >= 0.3 is 0 Å². The normalized spacial score (nSPS) is 16.6. The third-order valence-electron chi connectivity index (χ3n) is 4.85. The zero-order valence-corrected chi connectivity index (χ0v) is 14.2. The van der Waals surface area contributed by atoms with Gasteiger partial charge in [-0.1, -0.05) is 12.1 Å². The van der Waals surface area contributed by atoms with E-state index in [9.17, 15) is 9.59 Å². The smallest absolute Gasteiger partial charge is 0.261 e. The zero-order chi connectivity index (χ0) is 17.4. The molecule has 2 aromatic carbocycles. The Morgan fingerprint density at radius 1 is 1.00 bits per heavy atom. The number of rotatable bonds is 1. The van der Waals surface area contributed by atoms with E-state index in [0.29, 0.717) is 28.3 Å². The molecular formula is C20H20N2O3. The van der Waals surface area contributed by atoms with E-state index in [4.69, 9.17) is 4.74 Å². The van der Waals surface area contributed by atoms with E-state index >= 15 is 0 Å². The molecule has 1 fully saturated rings. The first-order chi connectivity index (χ1) is 12.1. The first-order valence-corrected chi connectivity index (χ1v) is 8.63. The van der Waals surface area contributed by atoms with Crippen molar-refractivity contribution in [3.63, 3.8) is 0 Å². The molecule has 128 valence electrons. The number of hydrogen-bond donors (Lipinski definition) is 0. The fraction of sp³-hybridized carbons (Fsp3) is 0.300. The quantitative estimate of drug-likeness (QED) is 0.798. The SMILES string of the molecule is CN1C(=O)c2ccccc2Oc2ccc(C(=O)N3CCCCC3)cc21. The van der Waals surface area contributed by atoms with Gasteiger partial charge in [-0.05, 0) is 49.6 Å². The molecule has 0 bridgehead atoms. The number of likely N-dealkylation sites (tertiary alicyclic amines) is 1. The molecule has 0 unspecified atom stereocenters. The largest absolute Gasteiger partial charge is 0.454 e. The van der Waals surface area contributed by atoms with Crippen LogP contribution in [0.4, 0.5) is 5.69 Å². The number of piperidine rings is 1. The molecule has 5 nitrogen and oxygen atoms in total. The lowest BCUT2D eigenvalue weighted by Crippen LogP contribution is -2.35. The van der Waals surface area contributed by atoms with E-state index in [2.05, 4.69) is 0 Å². The van der Waals surface area contributed by atoms with Gasteiger partial charge in [0.15, 0.2) is 5.75 Å². The van der Waals surface area contributed by atoms with Crippen LogP contribution >= 0.6 is 0 Å². The van der Waals surface area contributed by atoms with E-state index in [0.717, 1.165) is 25.9 Å². The summed E-state index contributed by atoms with van der Waals surface area (Å²) >= 11 is 0. The number of amides is 2. The van der Waals surface area contributed by atoms with Crippen molar-refractivity contribution in [1.29, 1.82) is 0 Å². The lowest BCUT2D eigenvalue weighted by Gasteiger charge is -2.27. The Morgan fingerprint density at radius 2 is 1.76 bits per heavy atom. The molecule has 4 rings (SSSR count). The number of carbonyl (C=O) groups excluding carboxylic acids is 2. The molecule has 0 spiro atoms. The lowest BCUT2D eigenvalue weighted by atomic mass is 10.1. The van der Waals surface area contributed by atoms with Crippen LogP contribution in [-0.4, -0.2) is 36.9 Å². The number of fused-ring (bicyclic) bond motifs is 2. The number of anilines is 1. The minimum atomic E-state index is -0.142. The van der Waals surface area contributed by atoms with Crippen LogP contribution < -0.4 is 9.64 Å². The van der Waals surface area contributed by atoms with E-state index < -0.39 is 0 Å². The minimum Gasteiger partial charge on any atom is -0.454 e. The van der Waals surface area contributed by atoms with Crippen molar-refractivity contribution in [2.75, 3.05) is 25.0 Å². The van der Waals surface area contributed by atoms with Crippen molar-refractivity contribution in [1.82, 2.24) is 4.90 Å². The van der Waals surface area contributed by atoms with Gasteiger partial charge in [-0.15, -0.1) is 0 Å². The Labute approximate surface area is 146 Å². The molecule has 5 heteroatoms. The molecular weight excluding hydrogens is 316 g/mol. The summed E-state index contributed by atoms with van der Waals surface area (Å²) in [5.41, 5.74) is 1.73. The summed E-state index contributed by atoms with van der Waals surface area (Å²) in [4.78, 5) is 28.9. The first kappa shape index (κ1) is 15.7. The highest BCUT2D eigenvalue weighted by atomic mass is 16.5. The molecule has 2 aromatic rings. The highest BCUT2D eigenvalue weighted by Crippen LogP contribution is 2.38. The van der Waals surface area contributed by atoms with Crippen molar-refractivity contribution in [3.05, 3.63) is 53.6 Å². The van der Waals surface area contributed by atoms with Crippen molar-refractivity contribution < 1.29 is 14.3 Å². The Bertz CT molecular complexity index is 841. The molecule has 2 aliphatic rings. The van der Waals surface area contributed by atoms with E-state index in [1.807, 2.05) is 17.0 Å². The fourth-order valence-corrected chi connectivity index (χ4v) is 3.42. The Hall–Kier alpha value is -2.82. The van der Waals surface area contributed by atoms with Crippen molar-refractivity contribution in [2.24, 2.45) is 0 Å². The van der Waals surface area contributed by atoms with Crippen molar-refractivity contribution >= 4 is 17.5 Å². The number of para-hydroxylation sites is 1. The van der Waals surface area contributed by atoms with Gasteiger partial charge in [0.2, 0.25) is 0 Å². The maximum atomic E-state index is 12.8. The molecule has 1 saturated heterocycles. The third-order valence-corrected chi connectivity index (χ3v) is 4.85. The van der Waals surface area contributed by atoms with Crippen molar-refractivity contribution in [2.45, 2.75) is 19.3 Å². The number of ether oxygens (including phenoxy) is 1. The van der Waals surface area contributed by atoms with Gasteiger partial charge in [0.25, 0.3) is 11.8 Å². The molecule has 2 amide bonds. The lowest BCUT2D eigenvalue weighted by molar-refractivity contribution is 0.0724. The summed E-state index contributed by atoms with van der Waals surface area (Å²) in [6.45, 7) is 1.60. The number of nitrogens with zero attached hydrogens (tertiary/aromatic N) is 2. The van der Waals surface area contributed by atoms with Gasteiger partial charge < -0.3 is 14.5 Å². The summed E-state index contributed by atoms with van der Waals surface area (Å²) < 4.78 is 5.94. The molecule has 0 radical (unpaired) electrons. The monoisotopic (exact) mass is 336 g/mol. The van der Waals surface area contributed by atoms with Crippen LogP contribution in [0.15, 0.2) is 42.5 Å². The second-order valence-electron chi connectivity index (χ2n) is 6.50. The molecule has 0 atom stereocenters. The highest BCUT2D eigenvalue weighted by molar-refractivity contribution is 6.10. The Kier molecular flexibility index (Phi) is 3.92. The van der Waals surface area contributed by atoms with Gasteiger partial charge in [0, 0.05) is 25.7 Å². The fourth-order valence-electron chi connectivity index (χ4n) is 3.42. The summed E-state index contributed by atoms with van der Waals surface area (Å²) in [5, 5.41) is 0. The minimum absolute atomic E-state index is 0.0186. The summed E-state index contributed by atoms with van der Waals surface area (Å²) in [5.74, 6) is 0.992. The maximum Gasteiger partial charge on any atom is 0.261 e. The van der Waals surface area contributed by atoms with Gasteiger partial charge in [-0.25, -0.2) is 0 Å².